The summed E-state index contributed by atoms with van der Waals surface area (Å²) in [4.78, 5) is 12.4. The predicted octanol–water partition coefficient (Wildman–Crippen LogP) is 2.51. The minimum Gasteiger partial charge on any atom is -0.376 e. The van der Waals surface area contributed by atoms with E-state index < -0.39 is 0 Å². The van der Waals surface area contributed by atoms with Crippen LogP contribution in [0, 0.1) is 0 Å². The number of nitrogens with one attached hydrogen (secondary N) is 1. The number of amides is 1. The molecule has 0 unspecified atom stereocenters. The van der Waals surface area contributed by atoms with Gasteiger partial charge in [0, 0.05) is 19.6 Å². The molecule has 8 heteroatoms. The molecule has 1 fully saturated rings. The maximum Gasteiger partial charge on any atom is 0.233 e. The second-order valence-electron chi connectivity index (χ2n) is 7.22. The molecule has 0 saturated carbocycles. The number of hydrogen-bond acceptors (Lipinski definition) is 6. The molecule has 1 amide bonds. The van der Waals surface area contributed by atoms with Crippen molar-refractivity contribution >= 4 is 28.4 Å². The highest BCUT2D eigenvalue weighted by Crippen LogP contribution is 2.24. The number of nitrogens with zero attached hydrogens (tertiary/aromatic N) is 3. The van der Waals surface area contributed by atoms with Crippen molar-refractivity contribution in [3.8, 4) is 0 Å². The number of carbonyl (C=O) groups is 1. The third-order valence-electron chi connectivity index (χ3n) is 5.14. The molecule has 1 aliphatic rings. The van der Waals surface area contributed by atoms with Gasteiger partial charge in [-0.1, -0.05) is 54.2 Å². The molecule has 2 atom stereocenters. The second-order valence-corrected chi connectivity index (χ2v) is 8.53. The Labute approximate surface area is 174 Å². The maximum atomic E-state index is 12.4. The fourth-order valence-corrected chi connectivity index (χ4v) is 4.31. The van der Waals surface area contributed by atoms with E-state index in [1.54, 1.807) is 0 Å². The van der Waals surface area contributed by atoms with Gasteiger partial charge in [0.2, 0.25) is 11.1 Å². The molecule has 0 spiro atoms. The Bertz CT molecular complexity index is 994. The largest absolute Gasteiger partial charge is 0.376 e. The number of aromatic nitrogens is 3. The number of ether oxygens (including phenoxy) is 1. The topological polar surface area (TPSA) is 95.1 Å². The van der Waals surface area contributed by atoms with E-state index in [2.05, 4.69) is 39.8 Å². The van der Waals surface area contributed by atoms with Gasteiger partial charge < -0.3 is 15.9 Å². The van der Waals surface area contributed by atoms with Gasteiger partial charge in [0.05, 0.1) is 11.4 Å². The van der Waals surface area contributed by atoms with E-state index in [4.69, 9.17) is 10.6 Å². The summed E-state index contributed by atoms with van der Waals surface area (Å²) in [6.07, 6.45) is 2.75. The molecule has 1 saturated heterocycles. The molecule has 4 rings (SSSR count). The number of rotatable bonds is 7. The van der Waals surface area contributed by atoms with Gasteiger partial charge in [0.1, 0.15) is 0 Å². The summed E-state index contributed by atoms with van der Waals surface area (Å²) in [6, 6.07) is 14.4. The third-order valence-corrected chi connectivity index (χ3v) is 6.20. The zero-order valence-corrected chi connectivity index (χ0v) is 17.2. The van der Waals surface area contributed by atoms with Crippen LogP contribution >= 0.6 is 11.8 Å². The molecule has 0 bridgehead atoms. The molecule has 29 heavy (non-hydrogen) atoms. The Morgan fingerprint density at radius 1 is 1.31 bits per heavy atom. The first-order chi connectivity index (χ1) is 14.1. The first kappa shape index (κ1) is 19.7. The lowest BCUT2D eigenvalue weighted by atomic mass is 10.0. The summed E-state index contributed by atoms with van der Waals surface area (Å²) in [7, 11) is 0. The Morgan fingerprint density at radius 3 is 2.97 bits per heavy atom. The monoisotopic (exact) mass is 411 g/mol. The first-order valence-corrected chi connectivity index (χ1v) is 10.7. The van der Waals surface area contributed by atoms with Crippen molar-refractivity contribution in [1.82, 2.24) is 20.2 Å². The van der Waals surface area contributed by atoms with Gasteiger partial charge in [-0.3, -0.25) is 4.79 Å². The Kier molecular flexibility index (Phi) is 6.01. The lowest BCUT2D eigenvalue weighted by molar-refractivity contribution is -0.120. The molecular weight excluding hydrogens is 386 g/mol. The Balaban J connectivity index is 1.40. The molecule has 0 radical (unpaired) electrons. The quantitative estimate of drug-likeness (QED) is 0.458. The van der Waals surface area contributed by atoms with Gasteiger partial charge in [0.25, 0.3) is 0 Å². The van der Waals surface area contributed by atoms with E-state index in [1.807, 2.05) is 25.1 Å². The van der Waals surface area contributed by atoms with Gasteiger partial charge in [-0.05, 0) is 36.1 Å². The van der Waals surface area contributed by atoms with Crippen LogP contribution in [0.25, 0.3) is 10.8 Å². The molecule has 2 heterocycles. The molecule has 2 aromatic carbocycles. The van der Waals surface area contributed by atoms with Gasteiger partial charge >= 0.3 is 0 Å². The summed E-state index contributed by atoms with van der Waals surface area (Å²) in [6.45, 7) is 3.17. The van der Waals surface area contributed by atoms with Gasteiger partial charge in [-0.15, -0.1) is 10.2 Å². The van der Waals surface area contributed by atoms with Crippen molar-refractivity contribution in [2.24, 2.45) is 0 Å². The van der Waals surface area contributed by atoms with Gasteiger partial charge in [0.15, 0.2) is 5.82 Å². The van der Waals surface area contributed by atoms with Crippen molar-refractivity contribution in [2.75, 3.05) is 19.0 Å². The van der Waals surface area contributed by atoms with Crippen LogP contribution in [0.15, 0.2) is 47.6 Å². The van der Waals surface area contributed by atoms with Crippen LogP contribution in [-0.4, -0.2) is 45.3 Å². The summed E-state index contributed by atoms with van der Waals surface area (Å²) in [5.74, 6) is 6.85. The lowest BCUT2D eigenvalue weighted by Crippen LogP contribution is -2.36. The number of benzene rings is 2. The minimum absolute atomic E-state index is 0.0518. The number of nitrogen functional groups attached to an aromatic ring is 1. The van der Waals surface area contributed by atoms with Crippen molar-refractivity contribution in [2.45, 2.75) is 42.7 Å². The van der Waals surface area contributed by atoms with E-state index >= 15 is 0 Å². The average molecular weight is 412 g/mol. The van der Waals surface area contributed by atoms with E-state index in [0.29, 0.717) is 23.9 Å². The van der Waals surface area contributed by atoms with Crippen molar-refractivity contribution in [3.05, 3.63) is 53.9 Å². The van der Waals surface area contributed by atoms with Crippen LogP contribution in [0.3, 0.4) is 0 Å². The van der Waals surface area contributed by atoms with Crippen LogP contribution in [0.1, 0.15) is 31.2 Å². The van der Waals surface area contributed by atoms with Crippen molar-refractivity contribution < 1.29 is 9.53 Å². The summed E-state index contributed by atoms with van der Waals surface area (Å²) >= 11 is 1.31. The lowest BCUT2D eigenvalue weighted by Gasteiger charge is -2.14. The minimum atomic E-state index is -0.326. The summed E-state index contributed by atoms with van der Waals surface area (Å²) in [5.41, 5.74) is 1.14. The SMILES string of the molecule is C[C@@H](Sc1nnc(Cc2cccc3ccccc23)n1N)C(=O)NC[C@H]1CCCO1. The number of thioether (sulfide) groups is 1. The highest BCUT2D eigenvalue weighted by atomic mass is 32.2. The van der Waals surface area contributed by atoms with E-state index in [0.717, 1.165) is 25.0 Å². The summed E-state index contributed by atoms with van der Waals surface area (Å²) in [5, 5.41) is 14.0. The van der Waals surface area contributed by atoms with Gasteiger partial charge in [-0.2, -0.15) is 0 Å². The molecule has 1 aliphatic heterocycles. The second kappa shape index (κ2) is 8.84. The van der Waals surface area contributed by atoms with Crippen LogP contribution in [-0.2, 0) is 16.0 Å². The highest BCUT2D eigenvalue weighted by molar-refractivity contribution is 8.00. The van der Waals surface area contributed by atoms with Crippen molar-refractivity contribution in [3.63, 3.8) is 0 Å². The number of carbonyl (C=O) groups excluding carboxylic acids is 1. The maximum absolute atomic E-state index is 12.4. The molecule has 3 aromatic rings. The Morgan fingerprint density at radius 2 is 2.14 bits per heavy atom. The third kappa shape index (κ3) is 4.54. The number of nitrogens with two attached hydrogens (primary N) is 1. The van der Waals surface area contributed by atoms with Crippen LogP contribution in [0.2, 0.25) is 0 Å². The van der Waals surface area contributed by atoms with Crippen LogP contribution in [0.5, 0.6) is 0 Å². The van der Waals surface area contributed by atoms with Crippen LogP contribution < -0.4 is 11.2 Å². The molecule has 3 N–H and O–H groups in total. The van der Waals surface area contributed by atoms with E-state index in [1.165, 1.54) is 27.2 Å². The fourth-order valence-electron chi connectivity index (χ4n) is 3.50. The molecule has 152 valence electrons. The zero-order chi connectivity index (χ0) is 20.2. The molecule has 7 nitrogen and oxygen atoms in total. The summed E-state index contributed by atoms with van der Waals surface area (Å²) < 4.78 is 7.03. The molecule has 1 aromatic heterocycles. The number of fused-ring (bicyclic) bond motifs is 1. The van der Waals surface area contributed by atoms with E-state index in [-0.39, 0.29) is 17.3 Å². The molecular formula is C21H25N5O2S. The normalized spacial score (nSPS) is 17.5. The predicted molar refractivity (Wildman–Crippen MR) is 114 cm³/mol. The van der Waals surface area contributed by atoms with E-state index in [9.17, 15) is 4.79 Å². The highest BCUT2D eigenvalue weighted by Gasteiger charge is 2.22. The smallest absolute Gasteiger partial charge is 0.233 e. The average Bonchev–Trinajstić information content (AvgIpc) is 3.38. The van der Waals surface area contributed by atoms with Crippen molar-refractivity contribution in [1.29, 1.82) is 0 Å². The number of hydrogen-bond donors (Lipinski definition) is 2. The standard InChI is InChI=1S/C21H25N5O2S/c1-14(20(27)23-13-17-9-5-11-28-17)29-21-25-24-19(26(21)22)12-16-8-4-7-15-6-2-3-10-18(15)16/h2-4,6-8,10,14,17H,5,9,11-13,22H2,1H3,(H,23,27)/t14-,17-/m1/s1. The Hall–Kier alpha value is -2.58. The fraction of sp³-hybridized carbons (Fsp3) is 0.381. The van der Waals surface area contributed by atoms with Crippen LogP contribution in [0.4, 0.5) is 0 Å². The first-order valence-electron chi connectivity index (χ1n) is 9.84. The molecule has 0 aliphatic carbocycles. The van der Waals surface area contributed by atoms with Gasteiger partial charge in [-0.25, -0.2) is 4.68 Å². The zero-order valence-electron chi connectivity index (χ0n) is 16.4.